The first kappa shape index (κ1) is 25.9. The van der Waals surface area contributed by atoms with Crippen molar-refractivity contribution in [1.82, 2.24) is 0 Å². The number of nitro benzene ring substituents is 1. The van der Waals surface area contributed by atoms with E-state index in [1.807, 2.05) is 0 Å². The van der Waals surface area contributed by atoms with Crippen LogP contribution in [0.2, 0.25) is 5.02 Å². The molecule has 1 aromatic carbocycles. The summed E-state index contributed by atoms with van der Waals surface area (Å²) < 4.78 is 24.9. The normalized spacial score (nSPS) is 11.7. The lowest BCUT2D eigenvalue weighted by Crippen LogP contribution is -2.09. The SMILES string of the molecule is CCCCCCCCCCCCCCCCS(=O)(=O)c1ccc(Cl)cc1[N+](=O)[O-]. The van der Waals surface area contributed by atoms with Crippen molar-refractivity contribution in [2.24, 2.45) is 0 Å². The van der Waals surface area contributed by atoms with Crippen molar-refractivity contribution in [3.8, 4) is 0 Å². The summed E-state index contributed by atoms with van der Waals surface area (Å²) in [6.07, 6.45) is 16.7. The first-order valence-corrected chi connectivity index (χ1v) is 13.1. The molecule has 0 atom stereocenters. The lowest BCUT2D eigenvalue weighted by atomic mass is 10.0. The van der Waals surface area contributed by atoms with Crippen LogP contribution in [-0.2, 0) is 9.84 Å². The lowest BCUT2D eigenvalue weighted by Gasteiger charge is -2.06. The fourth-order valence-electron chi connectivity index (χ4n) is 3.49. The largest absolute Gasteiger partial charge is 0.289 e. The van der Waals surface area contributed by atoms with E-state index in [9.17, 15) is 18.5 Å². The molecule has 5 nitrogen and oxygen atoms in total. The number of benzene rings is 1. The molecule has 0 aromatic heterocycles. The summed E-state index contributed by atoms with van der Waals surface area (Å²) in [5, 5.41) is 11.3. The van der Waals surface area contributed by atoms with E-state index in [1.54, 1.807) is 0 Å². The van der Waals surface area contributed by atoms with Gasteiger partial charge in [0.15, 0.2) is 9.84 Å². The van der Waals surface area contributed by atoms with Gasteiger partial charge in [-0.05, 0) is 18.6 Å². The van der Waals surface area contributed by atoms with Gasteiger partial charge in [0.25, 0.3) is 5.69 Å². The second-order valence-corrected chi connectivity index (χ2v) is 10.3. The van der Waals surface area contributed by atoms with Crippen molar-refractivity contribution in [1.29, 1.82) is 0 Å². The molecule has 0 heterocycles. The number of nitrogens with zero attached hydrogens (tertiary/aromatic N) is 1. The van der Waals surface area contributed by atoms with Crippen molar-refractivity contribution in [3.05, 3.63) is 33.3 Å². The van der Waals surface area contributed by atoms with Crippen LogP contribution in [0.25, 0.3) is 0 Å². The van der Waals surface area contributed by atoms with Gasteiger partial charge in [-0.15, -0.1) is 0 Å². The molecule has 1 aromatic rings. The van der Waals surface area contributed by atoms with Crippen LogP contribution in [0.4, 0.5) is 5.69 Å². The first-order chi connectivity index (χ1) is 13.9. The van der Waals surface area contributed by atoms with E-state index in [2.05, 4.69) is 6.92 Å². The molecule has 0 saturated carbocycles. The Morgan fingerprint density at radius 2 is 1.28 bits per heavy atom. The van der Waals surface area contributed by atoms with E-state index in [-0.39, 0.29) is 15.7 Å². The highest BCUT2D eigenvalue weighted by molar-refractivity contribution is 7.91. The van der Waals surface area contributed by atoms with Gasteiger partial charge in [0.05, 0.1) is 10.7 Å². The summed E-state index contributed by atoms with van der Waals surface area (Å²) in [4.78, 5) is 10.2. The fourth-order valence-corrected chi connectivity index (χ4v) is 5.19. The Labute approximate surface area is 181 Å². The number of unbranched alkanes of at least 4 members (excludes halogenated alkanes) is 13. The summed E-state index contributed by atoms with van der Waals surface area (Å²) >= 11 is 5.75. The minimum absolute atomic E-state index is 0.0620. The average molecular weight is 446 g/mol. The van der Waals surface area contributed by atoms with Crippen LogP contribution in [0.3, 0.4) is 0 Å². The molecule has 0 saturated heterocycles. The molecule has 0 bridgehead atoms. The summed E-state index contributed by atoms with van der Waals surface area (Å²) in [6, 6.07) is 3.71. The van der Waals surface area contributed by atoms with E-state index < -0.39 is 20.4 Å². The molecule has 0 radical (unpaired) electrons. The average Bonchev–Trinajstić information content (AvgIpc) is 2.68. The maximum Gasteiger partial charge on any atom is 0.289 e. The zero-order valence-corrected chi connectivity index (χ0v) is 19.3. The van der Waals surface area contributed by atoms with E-state index in [0.29, 0.717) is 6.42 Å². The molecule has 0 aliphatic heterocycles. The molecule has 7 heteroatoms. The van der Waals surface area contributed by atoms with Gasteiger partial charge in [0.2, 0.25) is 0 Å². The third-order valence-corrected chi connectivity index (χ3v) is 7.30. The Morgan fingerprint density at radius 3 is 1.72 bits per heavy atom. The number of rotatable bonds is 17. The van der Waals surface area contributed by atoms with Gasteiger partial charge in [0.1, 0.15) is 4.90 Å². The molecule has 0 aliphatic carbocycles. The van der Waals surface area contributed by atoms with Crippen molar-refractivity contribution in [3.63, 3.8) is 0 Å². The smallest absolute Gasteiger partial charge is 0.258 e. The standard InChI is InChI=1S/C22H36ClNO4S/c1-2-3-4-5-6-7-8-9-10-11-12-13-14-15-18-29(27,28)22-17-16-20(23)19-21(22)24(25)26/h16-17,19H,2-15,18H2,1H3. The summed E-state index contributed by atoms with van der Waals surface area (Å²) in [6.45, 7) is 2.24. The van der Waals surface area contributed by atoms with Crippen LogP contribution >= 0.6 is 11.6 Å². The van der Waals surface area contributed by atoms with Crippen LogP contribution in [-0.4, -0.2) is 19.1 Å². The summed E-state index contributed by atoms with van der Waals surface area (Å²) in [7, 11) is -3.67. The number of sulfone groups is 1. The maximum absolute atomic E-state index is 12.4. The molecule has 0 N–H and O–H groups in total. The number of hydrogen-bond donors (Lipinski definition) is 0. The number of nitro groups is 1. The maximum atomic E-state index is 12.4. The minimum Gasteiger partial charge on any atom is -0.258 e. The Bertz CT molecular complexity index is 707. The molecule has 0 unspecified atom stereocenters. The van der Waals surface area contributed by atoms with E-state index >= 15 is 0 Å². The molecule has 0 aliphatic rings. The second-order valence-electron chi connectivity index (χ2n) is 7.78. The second kappa shape index (κ2) is 14.8. The molecule has 29 heavy (non-hydrogen) atoms. The third-order valence-electron chi connectivity index (χ3n) is 5.22. The van der Waals surface area contributed by atoms with Crippen LogP contribution in [0.1, 0.15) is 96.8 Å². The fraction of sp³-hybridized carbons (Fsp3) is 0.727. The number of halogens is 1. The predicted molar refractivity (Wildman–Crippen MR) is 120 cm³/mol. The Balaban J connectivity index is 2.14. The van der Waals surface area contributed by atoms with E-state index in [4.69, 9.17) is 11.6 Å². The summed E-state index contributed by atoms with van der Waals surface area (Å²) in [5.41, 5.74) is -0.442. The van der Waals surface area contributed by atoms with Crippen LogP contribution in [0.5, 0.6) is 0 Å². The molecule has 166 valence electrons. The Kier molecular flexibility index (Phi) is 13.2. The van der Waals surface area contributed by atoms with Gasteiger partial charge in [-0.3, -0.25) is 10.1 Å². The molecule has 0 amide bonds. The highest BCUT2D eigenvalue weighted by Gasteiger charge is 2.25. The molecule has 0 fully saturated rings. The highest BCUT2D eigenvalue weighted by atomic mass is 35.5. The van der Waals surface area contributed by atoms with Crippen molar-refractivity contribution >= 4 is 27.1 Å². The van der Waals surface area contributed by atoms with Gasteiger partial charge in [0, 0.05) is 11.1 Å². The van der Waals surface area contributed by atoms with Crippen LogP contribution in [0.15, 0.2) is 23.1 Å². The van der Waals surface area contributed by atoms with E-state index in [0.717, 1.165) is 25.3 Å². The predicted octanol–water partition coefficient (Wildman–Crippen LogP) is 7.50. The zero-order chi connectivity index (χ0) is 21.5. The summed E-state index contributed by atoms with van der Waals surface area (Å²) in [5.74, 6) is -0.0620. The van der Waals surface area contributed by atoms with Crippen molar-refractivity contribution < 1.29 is 13.3 Å². The van der Waals surface area contributed by atoms with Gasteiger partial charge >= 0.3 is 0 Å². The zero-order valence-electron chi connectivity index (χ0n) is 17.7. The highest BCUT2D eigenvalue weighted by Crippen LogP contribution is 2.28. The van der Waals surface area contributed by atoms with Gasteiger partial charge in [-0.25, -0.2) is 8.42 Å². The Hall–Kier alpha value is -1.14. The van der Waals surface area contributed by atoms with Gasteiger partial charge < -0.3 is 0 Å². The van der Waals surface area contributed by atoms with Gasteiger partial charge in [-0.2, -0.15) is 0 Å². The molecular weight excluding hydrogens is 410 g/mol. The monoisotopic (exact) mass is 445 g/mol. The topological polar surface area (TPSA) is 77.3 Å². The van der Waals surface area contributed by atoms with Gasteiger partial charge in [-0.1, -0.05) is 102 Å². The van der Waals surface area contributed by atoms with E-state index in [1.165, 1.54) is 76.3 Å². The quantitative estimate of drug-likeness (QED) is 0.141. The van der Waals surface area contributed by atoms with Crippen LogP contribution in [0, 0.1) is 10.1 Å². The van der Waals surface area contributed by atoms with Crippen molar-refractivity contribution in [2.75, 3.05) is 5.75 Å². The third kappa shape index (κ3) is 11.0. The number of hydrogen-bond acceptors (Lipinski definition) is 4. The minimum atomic E-state index is -3.67. The van der Waals surface area contributed by atoms with Crippen molar-refractivity contribution in [2.45, 2.75) is 102 Å². The lowest BCUT2D eigenvalue weighted by molar-refractivity contribution is -0.387. The molecule has 1 rings (SSSR count). The Morgan fingerprint density at radius 1 is 0.828 bits per heavy atom. The molecular formula is C22H36ClNO4S. The van der Waals surface area contributed by atoms with Crippen LogP contribution < -0.4 is 0 Å². The molecule has 0 spiro atoms. The first-order valence-electron chi connectivity index (χ1n) is 11.0.